The molecule has 108 valence electrons. The van der Waals surface area contributed by atoms with E-state index in [1.165, 1.54) is 0 Å². The number of sulfonamides is 1. The molecule has 1 saturated heterocycles. The lowest BCUT2D eigenvalue weighted by molar-refractivity contribution is 0.303. The van der Waals surface area contributed by atoms with Crippen LogP contribution in [0.15, 0.2) is 21.6 Å². The van der Waals surface area contributed by atoms with Crippen molar-refractivity contribution < 1.29 is 12.8 Å². The SMILES string of the molecule is CNCc1ccc(S(=O)(=O)N2CCCC2C(C)C)o1. The molecule has 0 aliphatic carbocycles. The maximum atomic E-state index is 12.6. The zero-order valence-electron chi connectivity index (χ0n) is 11.7. The summed E-state index contributed by atoms with van der Waals surface area (Å²) < 4.78 is 32.2. The molecule has 0 bridgehead atoms. The molecule has 0 saturated carbocycles. The van der Waals surface area contributed by atoms with Gasteiger partial charge in [0.25, 0.3) is 10.0 Å². The summed E-state index contributed by atoms with van der Waals surface area (Å²) in [6, 6.07) is 3.35. The fraction of sp³-hybridized carbons (Fsp3) is 0.692. The van der Waals surface area contributed by atoms with Crippen LogP contribution in [0.2, 0.25) is 0 Å². The first-order chi connectivity index (χ1) is 8.96. The van der Waals surface area contributed by atoms with E-state index in [1.807, 2.05) is 0 Å². The van der Waals surface area contributed by atoms with Crippen molar-refractivity contribution in [3.63, 3.8) is 0 Å². The summed E-state index contributed by atoms with van der Waals surface area (Å²) >= 11 is 0. The number of furan rings is 1. The lowest BCUT2D eigenvalue weighted by Crippen LogP contribution is -2.38. The van der Waals surface area contributed by atoms with E-state index in [2.05, 4.69) is 19.2 Å². The van der Waals surface area contributed by atoms with Crippen LogP contribution in [0.4, 0.5) is 0 Å². The lowest BCUT2D eigenvalue weighted by atomic mass is 10.0. The van der Waals surface area contributed by atoms with Gasteiger partial charge in [-0.2, -0.15) is 4.31 Å². The van der Waals surface area contributed by atoms with Gasteiger partial charge < -0.3 is 9.73 Å². The van der Waals surface area contributed by atoms with Crippen molar-refractivity contribution in [3.05, 3.63) is 17.9 Å². The third-order valence-electron chi connectivity index (χ3n) is 3.57. The van der Waals surface area contributed by atoms with E-state index < -0.39 is 10.0 Å². The van der Waals surface area contributed by atoms with Crippen molar-refractivity contribution >= 4 is 10.0 Å². The first-order valence-corrected chi connectivity index (χ1v) is 8.16. The number of nitrogens with zero attached hydrogens (tertiary/aromatic N) is 1. The van der Waals surface area contributed by atoms with E-state index in [9.17, 15) is 8.42 Å². The molecule has 1 fully saturated rings. The maximum Gasteiger partial charge on any atom is 0.276 e. The van der Waals surface area contributed by atoms with Crippen LogP contribution in [-0.4, -0.2) is 32.4 Å². The zero-order chi connectivity index (χ0) is 14.0. The van der Waals surface area contributed by atoms with Crippen LogP contribution in [0, 0.1) is 5.92 Å². The number of rotatable bonds is 5. The molecule has 2 rings (SSSR count). The fourth-order valence-electron chi connectivity index (χ4n) is 2.61. The highest BCUT2D eigenvalue weighted by molar-refractivity contribution is 7.89. The average molecular weight is 286 g/mol. The van der Waals surface area contributed by atoms with Crippen LogP contribution in [0.1, 0.15) is 32.4 Å². The molecule has 1 N–H and O–H groups in total. The van der Waals surface area contributed by atoms with Gasteiger partial charge in [-0.3, -0.25) is 0 Å². The highest BCUT2D eigenvalue weighted by Crippen LogP contribution is 2.30. The molecule has 1 aliphatic heterocycles. The molecule has 1 aliphatic rings. The number of hydrogen-bond acceptors (Lipinski definition) is 4. The summed E-state index contributed by atoms with van der Waals surface area (Å²) in [5, 5.41) is 3.00. The predicted molar refractivity (Wildman–Crippen MR) is 73.2 cm³/mol. The summed E-state index contributed by atoms with van der Waals surface area (Å²) in [5.74, 6) is 0.963. The van der Waals surface area contributed by atoms with E-state index >= 15 is 0 Å². The monoisotopic (exact) mass is 286 g/mol. The standard InChI is InChI=1S/C13H22N2O3S/c1-10(2)12-5-4-8-15(12)19(16,17)13-7-6-11(18-13)9-14-3/h6-7,10,12,14H,4-5,8-9H2,1-3H3. The van der Waals surface area contributed by atoms with Crippen molar-refractivity contribution in [2.24, 2.45) is 5.92 Å². The van der Waals surface area contributed by atoms with Crippen molar-refractivity contribution in [3.8, 4) is 0 Å². The second-order valence-electron chi connectivity index (χ2n) is 5.32. The summed E-state index contributed by atoms with van der Waals surface area (Å²) in [7, 11) is -1.69. The molecular formula is C13H22N2O3S. The number of hydrogen-bond donors (Lipinski definition) is 1. The summed E-state index contributed by atoms with van der Waals surface area (Å²) in [5.41, 5.74) is 0. The third kappa shape index (κ3) is 2.85. The van der Waals surface area contributed by atoms with E-state index in [1.54, 1.807) is 23.5 Å². The smallest absolute Gasteiger partial charge is 0.276 e. The van der Waals surface area contributed by atoms with Crippen molar-refractivity contribution in [1.29, 1.82) is 0 Å². The highest BCUT2D eigenvalue weighted by Gasteiger charge is 2.38. The van der Waals surface area contributed by atoms with Crippen LogP contribution in [-0.2, 0) is 16.6 Å². The molecule has 0 spiro atoms. The molecule has 2 heterocycles. The second kappa shape index (κ2) is 5.64. The molecule has 1 unspecified atom stereocenters. The Labute approximate surface area is 115 Å². The summed E-state index contributed by atoms with van der Waals surface area (Å²) in [6.45, 7) is 5.25. The Balaban J connectivity index is 2.25. The first-order valence-electron chi connectivity index (χ1n) is 6.72. The van der Waals surface area contributed by atoms with E-state index in [0.717, 1.165) is 12.8 Å². The normalized spacial score (nSPS) is 21.4. The van der Waals surface area contributed by atoms with Gasteiger partial charge in [0.15, 0.2) is 0 Å². The second-order valence-corrected chi connectivity index (χ2v) is 7.14. The van der Waals surface area contributed by atoms with Crippen LogP contribution < -0.4 is 5.32 Å². The molecule has 1 aromatic rings. The van der Waals surface area contributed by atoms with E-state index in [-0.39, 0.29) is 11.1 Å². The Kier molecular flexibility index (Phi) is 4.32. The van der Waals surface area contributed by atoms with Gasteiger partial charge in [0, 0.05) is 12.6 Å². The Morgan fingerprint density at radius 2 is 2.21 bits per heavy atom. The molecule has 0 radical (unpaired) electrons. The van der Waals surface area contributed by atoms with Crippen LogP contribution in [0.25, 0.3) is 0 Å². The van der Waals surface area contributed by atoms with Gasteiger partial charge >= 0.3 is 0 Å². The molecule has 1 atom stereocenters. The van der Waals surface area contributed by atoms with Crippen LogP contribution >= 0.6 is 0 Å². The molecule has 1 aromatic heterocycles. The molecule has 0 aromatic carbocycles. The zero-order valence-corrected chi connectivity index (χ0v) is 12.5. The van der Waals surface area contributed by atoms with Gasteiger partial charge in [0.05, 0.1) is 6.54 Å². The van der Waals surface area contributed by atoms with Gasteiger partial charge in [-0.25, -0.2) is 8.42 Å². The van der Waals surface area contributed by atoms with Gasteiger partial charge in [-0.05, 0) is 37.9 Å². The van der Waals surface area contributed by atoms with Gasteiger partial charge in [0.2, 0.25) is 5.09 Å². The minimum Gasteiger partial charge on any atom is -0.447 e. The minimum absolute atomic E-state index is 0.0605. The Morgan fingerprint density at radius 3 is 2.84 bits per heavy atom. The molecule has 0 amide bonds. The fourth-order valence-corrected chi connectivity index (χ4v) is 4.37. The maximum absolute atomic E-state index is 12.6. The quantitative estimate of drug-likeness (QED) is 0.896. The van der Waals surface area contributed by atoms with Gasteiger partial charge in [-0.1, -0.05) is 13.8 Å². The highest BCUT2D eigenvalue weighted by atomic mass is 32.2. The van der Waals surface area contributed by atoms with E-state index in [0.29, 0.717) is 24.8 Å². The first kappa shape index (κ1) is 14.6. The Bertz CT molecular complexity index is 522. The topological polar surface area (TPSA) is 62.6 Å². The third-order valence-corrected chi connectivity index (χ3v) is 5.37. The lowest BCUT2D eigenvalue weighted by Gasteiger charge is -2.25. The minimum atomic E-state index is -3.49. The van der Waals surface area contributed by atoms with Crippen molar-refractivity contribution in [2.75, 3.05) is 13.6 Å². The number of nitrogens with one attached hydrogen (secondary N) is 1. The summed E-state index contributed by atoms with van der Waals surface area (Å²) in [6.07, 6.45) is 1.85. The molecular weight excluding hydrogens is 264 g/mol. The van der Waals surface area contributed by atoms with Crippen LogP contribution in [0.5, 0.6) is 0 Å². The van der Waals surface area contributed by atoms with Gasteiger partial charge in [0.1, 0.15) is 5.76 Å². The van der Waals surface area contributed by atoms with Gasteiger partial charge in [-0.15, -0.1) is 0 Å². The molecule has 19 heavy (non-hydrogen) atoms. The average Bonchev–Trinajstić information content (AvgIpc) is 2.97. The van der Waals surface area contributed by atoms with Crippen LogP contribution in [0.3, 0.4) is 0 Å². The Hall–Kier alpha value is -0.850. The largest absolute Gasteiger partial charge is 0.447 e. The Morgan fingerprint density at radius 1 is 1.47 bits per heavy atom. The van der Waals surface area contributed by atoms with E-state index in [4.69, 9.17) is 4.42 Å². The predicted octanol–water partition coefficient (Wildman–Crippen LogP) is 1.81. The summed E-state index contributed by atoms with van der Waals surface area (Å²) in [4.78, 5) is 0. The molecule has 6 heteroatoms. The van der Waals surface area contributed by atoms with Crippen molar-refractivity contribution in [2.45, 2.75) is 44.4 Å². The van der Waals surface area contributed by atoms with Crippen molar-refractivity contribution in [1.82, 2.24) is 9.62 Å². The molecule has 5 nitrogen and oxygen atoms in total.